The van der Waals surface area contributed by atoms with E-state index >= 15 is 0 Å². The predicted molar refractivity (Wildman–Crippen MR) is 103 cm³/mol. The van der Waals surface area contributed by atoms with E-state index in [1.54, 1.807) is 37.4 Å². The summed E-state index contributed by atoms with van der Waals surface area (Å²) in [5, 5.41) is 0. The molecule has 134 valence electrons. The van der Waals surface area contributed by atoms with Crippen LogP contribution in [0, 0.1) is 6.92 Å². The normalized spacial score (nSPS) is 12.5. The summed E-state index contributed by atoms with van der Waals surface area (Å²) in [5.74, 6) is 0.725. The van der Waals surface area contributed by atoms with Crippen molar-refractivity contribution in [1.29, 1.82) is 0 Å². The number of hydrogen-bond acceptors (Lipinski definition) is 3. The van der Waals surface area contributed by atoms with Gasteiger partial charge in [0.05, 0.1) is 18.0 Å². The fraction of sp³-hybridized carbons (Fsp3) is 0.143. The second kappa shape index (κ2) is 7.72. The molecule has 1 atom stereocenters. The van der Waals surface area contributed by atoms with E-state index in [-0.39, 0.29) is 4.90 Å². The number of hydrogen-bond donors (Lipinski definition) is 1. The van der Waals surface area contributed by atoms with E-state index in [1.807, 2.05) is 55.5 Å². The smallest absolute Gasteiger partial charge is 0.241 e. The van der Waals surface area contributed by atoms with Crippen molar-refractivity contribution in [2.24, 2.45) is 0 Å². The molecular weight excluding hydrogens is 346 g/mol. The first-order valence-electron chi connectivity index (χ1n) is 8.28. The number of aryl methyl sites for hydroxylation is 1. The topological polar surface area (TPSA) is 55.4 Å². The largest absolute Gasteiger partial charge is 0.497 e. The maximum atomic E-state index is 12.9. The molecule has 3 aromatic rings. The molecule has 1 unspecified atom stereocenters. The zero-order valence-corrected chi connectivity index (χ0v) is 15.5. The summed E-state index contributed by atoms with van der Waals surface area (Å²) in [6, 6.07) is 23.1. The highest BCUT2D eigenvalue weighted by molar-refractivity contribution is 7.89. The molecule has 0 bridgehead atoms. The Morgan fingerprint density at radius 1 is 0.846 bits per heavy atom. The lowest BCUT2D eigenvalue weighted by Crippen LogP contribution is -2.30. The zero-order valence-electron chi connectivity index (χ0n) is 14.7. The first-order valence-corrected chi connectivity index (χ1v) is 9.76. The molecule has 0 saturated carbocycles. The Morgan fingerprint density at radius 2 is 1.46 bits per heavy atom. The zero-order chi connectivity index (χ0) is 18.6. The van der Waals surface area contributed by atoms with Gasteiger partial charge in [0.2, 0.25) is 10.0 Å². The van der Waals surface area contributed by atoms with Crippen LogP contribution in [0.25, 0.3) is 0 Å². The monoisotopic (exact) mass is 367 g/mol. The number of benzene rings is 3. The number of nitrogens with one attached hydrogen (secondary N) is 1. The van der Waals surface area contributed by atoms with Crippen molar-refractivity contribution < 1.29 is 13.2 Å². The van der Waals surface area contributed by atoms with Crippen LogP contribution < -0.4 is 9.46 Å². The SMILES string of the molecule is COc1ccc(C(NS(=O)(=O)c2ccccc2)c2ccccc2C)cc1. The van der Waals surface area contributed by atoms with Gasteiger partial charge >= 0.3 is 0 Å². The van der Waals surface area contributed by atoms with Gasteiger partial charge < -0.3 is 4.74 Å². The van der Waals surface area contributed by atoms with Crippen LogP contribution in [0.15, 0.2) is 83.8 Å². The van der Waals surface area contributed by atoms with Crippen molar-refractivity contribution in [3.8, 4) is 5.75 Å². The Morgan fingerprint density at radius 3 is 2.08 bits per heavy atom. The summed E-state index contributed by atoms with van der Waals surface area (Å²) in [7, 11) is -2.07. The third-order valence-corrected chi connectivity index (χ3v) is 5.71. The fourth-order valence-corrected chi connectivity index (χ4v) is 4.07. The number of rotatable bonds is 6. The molecule has 3 rings (SSSR count). The lowest BCUT2D eigenvalue weighted by molar-refractivity contribution is 0.414. The van der Waals surface area contributed by atoms with Crippen LogP contribution >= 0.6 is 0 Å². The Hall–Kier alpha value is -2.63. The minimum absolute atomic E-state index is 0.243. The van der Waals surface area contributed by atoms with Crippen LogP contribution in [0.5, 0.6) is 5.75 Å². The summed E-state index contributed by atoms with van der Waals surface area (Å²) in [5.41, 5.74) is 2.78. The quantitative estimate of drug-likeness (QED) is 0.714. The minimum Gasteiger partial charge on any atom is -0.497 e. The second-order valence-electron chi connectivity index (χ2n) is 6.00. The number of sulfonamides is 1. The van der Waals surface area contributed by atoms with E-state index in [2.05, 4.69) is 4.72 Å². The molecule has 0 radical (unpaired) electrons. The van der Waals surface area contributed by atoms with Crippen LogP contribution in [0.4, 0.5) is 0 Å². The first kappa shape index (κ1) is 18.2. The second-order valence-corrected chi connectivity index (χ2v) is 7.71. The van der Waals surface area contributed by atoms with E-state index in [0.717, 1.165) is 22.4 Å². The molecule has 0 aliphatic carbocycles. The van der Waals surface area contributed by atoms with Crippen LogP contribution in [0.3, 0.4) is 0 Å². The Kier molecular flexibility index (Phi) is 5.40. The van der Waals surface area contributed by atoms with Crippen LogP contribution in [-0.4, -0.2) is 15.5 Å². The maximum absolute atomic E-state index is 12.9. The Labute approximate surface area is 154 Å². The molecule has 0 spiro atoms. The highest BCUT2D eigenvalue weighted by Gasteiger charge is 2.23. The van der Waals surface area contributed by atoms with Gasteiger partial charge in [-0.25, -0.2) is 8.42 Å². The summed E-state index contributed by atoms with van der Waals surface area (Å²) in [4.78, 5) is 0.243. The molecule has 3 aromatic carbocycles. The molecule has 5 heteroatoms. The molecular formula is C21H21NO3S. The fourth-order valence-electron chi connectivity index (χ4n) is 2.84. The van der Waals surface area contributed by atoms with Crippen molar-refractivity contribution in [3.63, 3.8) is 0 Å². The summed E-state index contributed by atoms with van der Waals surface area (Å²) >= 11 is 0. The van der Waals surface area contributed by atoms with Crippen LogP contribution in [0.2, 0.25) is 0 Å². The molecule has 26 heavy (non-hydrogen) atoms. The van der Waals surface area contributed by atoms with Gasteiger partial charge in [0.1, 0.15) is 5.75 Å². The number of ether oxygens (including phenoxy) is 1. The Balaban J connectivity index is 2.05. The maximum Gasteiger partial charge on any atom is 0.241 e. The van der Waals surface area contributed by atoms with E-state index < -0.39 is 16.1 Å². The molecule has 0 aromatic heterocycles. The summed E-state index contributed by atoms with van der Waals surface area (Å²) < 4.78 is 33.8. The van der Waals surface area contributed by atoms with Gasteiger partial charge in [-0.1, -0.05) is 54.6 Å². The summed E-state index contributed by atoms with van der Waals surface area (Å²) in [6.07, 6.45) is 0. The third kappa shape index (κ3) is 3.95. The average Bonchev–Trinajstić information content (AvgIpc) is 2.68. The van der Waals surface area contributed by atoms with Crippen molar-refractivity contribution in [2.45, 2.75) is 17.9 Å². The molecule has 0 amide bonds. The lowest BCUT2D eigenvalue weighted by atomic mass is 9.96. The van der Waals surface area contributed by atoms with Crippen LogP contribution in [0.1, 0.15) is 22.7 Å². The van der Waals surface area contributed by atoms with Crippen LogP contribution in [-0.2, 0) is 10.0 Å². The van der Waals surface area contributed by atoms with Crippen molar-refractivity contribution in [1.82, 2.24) is 4.72 Å². The van der Waals surface area contributed by atoms with Gasteiger partial charge in [0.15, 0.2) is 0 Å². The van der Waals surface area contributed by atoms with Gasteiger partial charge in [-0.15, -0.1) is 0 Å². The van der Waals surface area contributed by atoms with Gasteiger partial charge in [0.25, 0.3) is 0 Å². The van der Waals surface area contributed by atoms with Gasteiger partial charge in [-0.05, 0) is 47.9 Å². The summed E-state index contributed by atoms with van der Waals surface area (Å²) in [6.45, 7) is 1.97. The predicted octanol–water partition coefficient (Wildman–Crippen LogP) is 4.07. The molecule has 1 N–H and O–H groups in total. The molecule has 4 nitrogen and oxygen atoms in total. The molecule has 0 heterocycles. The van der Waals surface area contributed by atoms with Gasteiger partial charge in [-0.3, -0.25) is 0 Å². The number of methoxy groups -OCH3 is 1. The van der Waals surface area contributed by atoms with E-state index in [9.17, 15) is 8.42 Å². The van der Waals surface area contributed by atoms with Gasteiger partial charge in [-0.2, -0.15) is 4.72 Å². The van der Waals surface area contributed by atoms with Gasteiger partial charge in [0, 0.05) is 0 Å². The standard InChI is InChI=1S/C21H21NO3S/c1-16-8-6-7-11-20(16)21(17-12-14-18(25-2)15-13-17)22-26(23,24)19-9-4-3-5-10-19/h3-15,21-22H,1-2H3. The van der Waals surface area contributed by atoms with Crippen molar-refractivity contribution >= 4 is 10.0 Å². The molecule has 0 aliphatic heterocycles. The van der Waals surface area contributed by atoms with Crippen molar-refractivity contribution in [2.75, 3.05) is 7.11 Å². The highest BCUT2D eigenvalue weighted by Crippen LogP contribution is 2.28. The highest BCUT2D eigenvalue weighted by atomic mass is 32.2. The average molecular weight is 367 g/mol. The first-order chi connectivity index (χ1) is 12.5. The molecule has 0 saturated heterocycles. The van der Waals surface area contributed by atoms with E-state index in [1.165, 1.54) is 0 Å². The third-order valence-electron chi connectivity index (χ3n) is 4.28. The Bertz CT molecular complexity index is 968. The molecule has 0 aliphatic rings. The van der Waals surface area contributed by atoms with E-state index in [0.29, 0.717) is 0 Å². The van der Waals surface area contributed by atoms with Crippen molar-refractivity contribution in [3.05, 3.63) is 95.6 Å². The van der Waals surface area contributed by atoms with E-state index in [4.69, 9.17) is 4.74 Å². The minimum atomic E-state index is -3.67. The lowest BCUT2D eigenvalue weighted by Gasteiger charge is -2.22. The molecule has 0 fully saturated rings.